The fraction of sp³-hybridized carbons (Fsp3) is 0.320. The van der Waals surface area contributed by atoms with E-state index in [1.807, 2.05) is 47.0 Å². The van der Waals surface area contributed by atoms with Crippen LogP contribution in [0, 0.1) is 15.3 Å². The molecule has 196 valence electrons. The lowest BCUT2D eigenvalue weighted by molar-refractivity contribution is -0.606. The van der Waals surface area contributed by atoms with Crippen molar-refractivity contribution in [3.8, 4) is 0 Å². The van der Waals surface area contributed by atoms with E-state index in [0.29, 0.717) is 56.4 Å². The largest absolute Gasteiger partial charge is 0.618 e. The van der Waals surface area contributed by atoms with Crippen LogP contribution < -0.4 is 14.9 Å². The maximum absolute atomic E-state index is 13.1. The van der Waals surface area contributed by atoms with Crippen molar-refractivity contribution in [1.82, 2.24) is 23.8 Å². The molecular weight excluding hydrogens is 490 g/mol. The molecule has 1 atom stereocenters. The summed E-state index contributed by atoms with van der Waals surface area (Å²) in [5.41, 5.74) is 3.01. The molecule has 4 aromatic rings. The van der Waals surface area contributed by atoms with Gasteiger partial charge in [0.15, 0.2) is 5.82 Å². The van der Waals surface area contributed by atoms with Crippen molar-refractivity contribution in [2.45, 2.75) is 12.6 Å². The van der Waals surface area contributed by atoms with Crippen molar-refractivity contribution in [3.05, 3.63) is 87.8 Å². The molecule has 1 unspecified atom stereocenters. The zero-order valence-electron chi connectivity index (χ0n) is 20.6. The van der Waals surface area contributed by atoms with E-state index >= 15 is 0 Å². The van der Waals surface area contributed by atoms with Gasteiger partial charge in [0.05, 0.1) is 24.4 Å². The van der Waals surface area contributed by atoms with Crippen LogP contribution in [0.3, 0.4) is 0 Å². The fourth-order valence-electron chi connectivity index (χ4n) is 5.18. The SMILES string of the molecule is O=[N+]([O-])c1nccn1CC(O)CN1CCN(c2cn3c4c([n+]([O-])cc3n2)C(c2ccccc2)=CCN4)CC1. The van der Waals surface area contributed by atoms with E-state index in [1.165, 1.54) is 23.2 Å². The van der Waals surface area contributed by atoms with Gasteiger partial charge in [-0.15, -0.1) is 0 Å². The van der Waals surface area contributed by atoms with Crippen molar-refractivity contribution in [3.63, 3.8) is 0 Å². The number of nitrogens with zero attached hydrogens (tertiary/aromatic N) is 8. The van der Waals surface area contributed by atoms with Crippen LogP contribution in [0.15, 0.2) is 61.2 Å². The van der Waals surface area contributed by atoms with Crippen molar-refractivity contribution >= 4 is 28.8 Å². The molecule has 1 fully saturated rings. The summed E-state index contributed by atoms with van der Waals surface area (Å²) in [5.74, 6) is 1.22. The Bertz CT molecular complexity index is 1510. The molecule has 13 nitrogen and oxygen atoms in total. The Morgan fingerprint density at radius 1 is 1.16 bits per heavy atom. The van der Waals surface area contributed by atoms with Crippen LogP contribution >= 0.6 is 0 Å². The number of β-amino-alcohol motifs (C(OH)–C–C–N with tert-alkyl or cyclic N) is 1. The Hall–Kier alpha value is -4.49. The summed E-state index contributed by atoms with van der Waals surface area (Å²) < 4.78 is 4.17. The number of aliphatic hydroxyl groups excluding tert-OH is 1. The van der Waals surface area contributed by atoms with Crippen LogP contribution in [0.5, 0.6) is 0 Å². The first-order chi connectivity index (χ1) is 18.5. The number of benzene rings is 1. The Morgan fingerprint density at radius 2 is 1.95 bits per heavy atom. The van der Waals surface area contributed by atoms with E-state index in [0.717, 1.165) is 21.7 Å². The van der Waals surface area contributed by atoms with Gasteiger partial charge in [0.2, 0.25) is 11.8 Å². The summed E-state index contributed by atoms with van der Waals surface area (Å²) in [6, 6.07) is 9.87. The minimum Gasteiger partial charge on any atom is -0.618 e. The Balaban J connectivity index is 1.15. The summed E-state index contributed by atoms with van der Waals surface area (Å²) >= 11 is 0. The molecule has 13 heteroatoms. The van der Waals surface area contributed by atoms with Gasteiger partial charge in [-0.3, -0.25) is 9.30 Å². The number of hydrogen-bond acceptors (Lipinski definition) is 9. The zero-order valence-corrected chi connectivity index (χ0v) is 20.6. The van der Waals surface area contributed by atoms with Gasteiger partial charge in [-0.25, -0.2) is 9.55 Å². The standard InChI is InChI=1S/C25H27N9O4/c35-19(15-31-9-8-27-25(31)34(37)38)14-29-10-12-30(13-11-29)21-16-32-22(28-21)17-33(36)23-20(6-7-26-24(23)32)18-4-2-1-3-5-18/h1-6,8-9,16-17,19,26,35H,7,10-15H2. The van der Waals surface area contributed by atoms with Crippen LogP contribution in [0.2, 0.25) is 0 Å². The summed E-state index contributed by atoms with van der Waals surface area (Å²) in [7, 11) is 0. The van der Waals surface area contributed by atoms with E-state index < -0.39 is 11.0 Å². The molecule has 2 aliphatic heterocycles. The molecule has 1 saturated heterocycles. The lowest BCUT2D eigenvalue weighted by Gasteiger charge is -2.35. The molecule has 0 radical (unpaired) electrons. The summed E-state index contributed by atoms with van der Waals surface area (Å²) in [6.45, 7) is 3.92. The van der Waals surface area contributed by atoms with Crippen molar-refractivity contribution in [1.29, 1.82) is 0 Å². The maximum Gasteiger partial charge on any atom is 0.434 e. The van der Waals surface area contributed by atoms with E-state index in [4.69, 9.17) is 4.98 Å². The molecule has 5 heterocycles. The van der Waals surface area contributed by atoms with Crippen molar-refractivity contribution < 1.29 is 14.8 Å². The zero-order chi connectivity index (χ0) is 26.2. The monoisotopic (exact) mass is 517 g/mol. The normalized spacial score (nSPS) is 16.7. The van der Waals surface area contributed by atoms with Gasteiger partial charge >= 0.3 is 5.95 Å². The Kier molecular flexibility index (Phi) is 6.13. The topological polar surface area (TPSA) is 144 Å². The lowest BCUT2D eigenvalue weighted by atomic mass is 10.00. The molecule has 38 heavy (non-hydrogen) atoms. The number of anilines is 2. The number of nitro groups is 1. The van der Waals surface area contributed by atoms with Gasteiger partial charge in [0.25, 0.3) is 5.69 Å². The molecule has 2 aliphatic rings. The number of fused-ring (bicyclic) bond motifs is 3. The highest BCUT2D eigenvalue weighted by molar-refractivity contribution is 5.84. The number of piperazine rings is 1. The van der Waals surface area contributed by atoms with E-state index in [9.17, 15) is 20.4 Å². The highest BCUT2D eigenvalue weighted by Gasteiger charge is 2.28. The third kappa shape index (κ3) is 4.41. The number of rotatable bonds is 7. The van der Waals surface area contributed by atoms with Crippen molar-refractivity contribution in [2.24, 2.45) is 0 Å². The molecular formula is C25H27N9O4. The number of nitrogens with one attached hydrogen (secondary N) is 1. The summed E-state index contributed by atoms with van der Waals surface area (Å²) in [6.07, 6.45) is 7.58. The average Bonchev–Trinajstić information content (AvgIpc) is 3.57. The molecule has 0 amide bonds. The number of hydrogen-bond donors (Lipinski definition) is 2. The van der Waals surface area contributed by atoms with Gasteiger partial charge in [-0.1, -0.05) is 41.4 Å². The van der Waals surface area contributed by atoms with Gasteiger partial charge in [0.1, 0.15) is 18.2 Å². The minimum atomic E-state index is -0.762. The highest BCUT2D eigenvalue weighted by Crippen LogP contribution is 2.31. The molecule has 0 saturated carbocycles. The van der Waals surface area contributed by atoms with E-state index in [2.05, 4.69) is 20.1 Å². The van der Waals surface area contributed by atoms with Gasteiger partial charge in [-0.05, 0) is 10.5 Å². The molecule has 3 aromatic heterocycles. The highest BCUT2D eigenvalue weighted by atomic mass is 16.6. The second kappa shape index (κ2) is 9.76. The molecule has 6 rings (SSSR count). The minimum absolute atomic E-state index is 0.107. The fourth-order valence-corrected chi connectivity index (χ4v) is 5.18. The van der Waals surface area contributed by atoms with Crippen LogP contribution in [0.25, 0.3) is 11.2 Å². The van der Waals surface area contributed by atoms with Crippen molar-refractivity contribution in [2.75, 3.05) is 49.5 Å². The lowest BCUT2D eigenvalue weighted by Crippen LogP contribution is -2.49. The van der Waals surface area contributed by atoms with Crippen LogP contribution in [0.1, 0.15) is 11.3 Å². The molecule has 0 aliphatic carbocycles. The number of aliphatic hydroxyl groups is 1. The van der Waals surface area contributed by atoms with E-state index in [-0.39, 0.29) is 12.5 Å². The smallest absolute Gasteiger partial charge is 0.434 e. The molecule has 0 spiro atoms. The van der Waals surface area contributed by atoms with Crippen LogP contribution in [0.4, 0.5) is 17.6 Å². The summed E-state index contributed by atoms with van der Waals surface area (Å²) in [4.78, 5) is 23.3. The van der Waals surface area contributed by atoms with Crippen LogP contribution in [-0.4, -0.2) is 79.2 Å². The third-order valence-corrected chi connectivity index (χ3v) is 6.98. The van der Waals surface area contributed by atoms with Gasteiger partial charge in [0, 0.05) is 39.3 Å². The Morgan fingerprint density at radius 3 is 2.71 bits per heavy atom. The number of aromatic nitrogens is 5. The second-order valence-corrected chi connectivity index (χ2v) is 9.42. The summed E-state index contributed by atoms with van der Waals surface area (Å²) in [5, 5.41) is 38.0. The first-order valence-corrected chi connectivity index (χ1v) is 12.4. The predicted molar refractivity (Wildman–Crippen MR) is 140 cm³/mol. The van der Waals surface area contributed by atoms with Gasteiger partial charge in [-0.2, -0.15) is 4.73 Å². The average molecular weight is 518 g/mol. The Labute approximate surface area is 217 Å². The quantitative estimate of drug-likeness (QED) is 0.159. The third-order valence-electron chi connectivity index (χ3n) is 6.98. The molecule has 0 bridgehead atoms. The number of imidazole rings is 2. The first kappa shape index (κ1) is 23.9. The molecule has 1 aromatic carbocycles. The predicted octanol–water partition coefficient (Wildman–Crippen LogP) is 1.11. The van der Waals surface area contributed by atoms with Gasteiger partial charge < -0.3 is 30.6 Å². The first-order valence-electron chi connectivity index (χ1n) is 12.4. The maximum atomic E-state index is 13.1. The second-order valence-electron chi connectivity index (χ2n) is 9.42. The van der Waals surface area contributed by atoms with E-state index in [1.54, 1.807) is 0 Å². The molecule has 2 N–H and O–H groups in total. The van der Waals surface area contributed by atoms with Crippen LogP contribution in [-0.2, 0) is 6.54 Å².